The Labute approximate surface area is 163 Å². The van der Waals surface area contributed by atoms with E-state index in [9.17, 15) is 22.7 Å². The van der Waals surface area contributed by atoms with Crippen LogP contribution in [0.1, 0.15) is 11.1 Å². The molecule has 0 saturated heterocycles. The Morgan fingerprint density at radius 3 is 2.31 bits per heavy atom. The summed E-state index contributed by atoms with van der Waals surface area (Å²) >= 11 is 0. The number of hydrogen-bond donors (Lipinski definition) is 2. The second-order valence-corrected chi connectivity index (χ2v) is 6.48. The molecule has 0 aliphatic carbocycles. The zero-order valence-corrected chi connectivity index (χ0v) is 14.9. The fraction of sp³-hybridized carbons (Fsp3) is 0.0952. The van der Waals surface area contributed by atoms with E-state index in [2.05, 4.69) is 10.3 Å². The van der Waals surface area contributed by atoms with Crippen molar-refractivity contribution in [1.29, 1.82) is 0 Å². The second kappa shape index (κ2) is 7.12. The summed E-state index contributed by atoms with van der Waals surface area (Å²) < 4.78 is 53.9. The largest absolute Gasteiger partial charge is 0.508 e. The summed E-state index contributed by atoms with van der Waals surface area (Å²) in [5.74, 6) is 0.203. The van der Waals surface area contributed by atoms with Crippen LogP contribution in [-0.4, -0.2) is 14.5 Å². The average molecular weight is 401 g/mol. The highest BCUT2D eigenvalue weighted by molar-refractivity contribution is 5.77. The van der Waals surface area contributed by atoms with Gasteiger partial charge in [0.05, 0.1) is 5.56 Å². The van der Waals surface area contributed by atoms with Crippen LogP contribution in [0.25, 0.3) is 16.9 Å². The number of fused-ring (bicyclic) bond motifs is 1. The fourth-order valence-electron chi connectivity index (χ4n) is 3.00. The van der Waals surface area contributed by atoms with Crippen molar-refractivity contribution in [3.63, 3.8) is 0 Å². The highest BCUT2D eigenvalue weighted by Gasteiger charge is 2.31. The van der Waals surface area contributed by atoms with Crippen LogP contribution in [0, 0.1) is 5.82 Å². The Kier molecular flexibility index (Phi) is 4.62. The Morgan fingerprint density at radius 2 is 1.66 bits per heavy atom. The lowest BCUT2D eigenvalue weighted by Crippen LogP contribution is -2.07. The van der Waals surface area contributed by atoms with E-state index < -0.39 is 11.7 Å². The summed E-state index contributed by atoms with van der Waals surface area (Å²) in [5.41, 5.74) is 1.19. The van der Waals surface area contributed by atoms with Crippen molar-refractivity contribution in [3.8, 4) is 17.0 Å². The van der Waals surface area contributed by atoms with Crippen molar-refractivity contribution < 1.29 is 22.7 Å². The van der Waals surface area contributed by atoms with E-state index in [-0.39, 0.29) is 17.2 Å². The summed E-state index contributed by atoms with van der Waals surface area (Å²) in [5, 5.41) is 12.7. The molecule has 2 heterocycles. The first-order valence-corrected chi connectivity index (χ1v) is 8.68. The molecule has 29 heavy (non-hydrogen) atoms. The van der Waals surface area contributed by atoms with Crippen LogP contribution >= 0.6 is 0 Å². The van der Waals surface area contributed by atoms with Crippen molar-refractivity contribution in [2.75, 3.05) is 5.32 Å². The van der Waals surface area contributed by atoms with Gasteiger partial charge in [-0.25, -0.2) is 9.37 Å². The van der Waals surface area contributed by atoms with Crippen LogP contribution < -0.4 is 5.32 Å². The van der Waals surface area contributed by atoms with Crippen LogP contribution in [0.4, 0.5) is 23.4 Å². The molecule has 2 N–H and O–H groups in total. The van der Waals surface area contributed by atoms with Crippen molar-refractivity contribution in [3.05, 3.63) is 83.8 Å². The maximum absolute atomic E-state index is 13.1. The number of alkyl halides is 3. The first-order chi connectivity index (χ1) is 13.8. The molecule has 0 bridgehead atoms. The number of halogens is 4. The molecular weight excluding hydrogens is 386 g/mol. The minimum absolute atomic E-state index is 0.0673. The lowest BCUT2D eigenvalue weighted by atomic mass is 10.1. The molecule has 0 radical (unpaired) electrons. The van der Waals surface area contributed by atoms with Gasteiger partial charge in [0.1, 0.15) is 28.7 Å². The van der Waals surface area contributed by atoms with E-state index in [0.29, 0.717) is 23.6 Å². The van der Waals surface area contributed by atoms with Crippen LogP contribution in [0.3, 0.4) is 0 Å². The van der Waals surface area contributed by atoms with E-state index in [0.717, 1.165) is 17.7 Å². The molecule has 0 amide bonds. The summed E-state index contributed by atoms with van der Waals surface area (Å²) in [4.78, 5) is 4.37. The smallest absolute Gasteiger partial charge is 0.416 e. The molecule has 4 aromatic rings. The van der Waals surface area contributed by atoms with Crippen molar-refractivity contribution in [1.82, 2.24) is 9.38 Å². The zero-order valence-electron chi connectivity index (χ0n) is 14.9. The van der Waals surface area contributed by atoms with Gasteiger partial charge in [0, 0.05) is 18.3 Å². The standard InChI is InChI=1S/C21H15F4N3O/c22-16-5-1-13(2-6-16)12-26-20-19(14-3-7-17(29)8-4-14)27-18-11-15(21(23,24)25)9-10-28(18)20/h1-11,26,29H,12H2. The van der Waals surface area contributed by atoms with Crippen LogP contribution in [0.2, 0.25) is 0 Å². The predicted octanol–water partition coefficient (Wildman–Crippen LogP) is 5.48. The number of phenols is 1. The molecule has 4 nitrogen and oxygen atoms in total. The number of anilines is 1. The summed E-state index contributed by atoms with van der Waals surface area (Å²) in [6.45, 7) is 0.320. The summed E-state index contributed by atoms with van der Waals surface area (Å²) in [6, 6.07) is 14.1. The molecule has 0 unspecified atom stereocenters. The third kappa shape index (κ3) is 3.87. The molecule has 148 valence electrons. The Hall–Kier alpha value is -3.55. The van der Waals surface area contributed by atoms with Gasteiger partial charge in [-0.15, -0.1) is 0 Å². The van der Waals surface area contributed by atoms with Gasteiger partial charge in [0.15, 0.2) is 0 Å². The van der Waals surface area contributed by atoms with E-state index in [1.54, 1.807) is 24.3 Å². The molecule has 0 saturated carbocycles. The van der Waals surface area contributed by atoms with E-state index >= 15 is 0 Å². The van der Waals surface area contributed by atoms with Crippen LogP contribution in [-0.2, 0) is 12.7 Å². The topological polar surface area (TPSA) is 49.6 Å². The lowest BCUT2D eigenvalue weighted by molar-refractivity contribution is -0.137. The third-order valence-electron chi connectivity index (χ3n) is 4.47. The van der Waals surface area contributed by atoms with Crippen molar-refractivity contribution in [2.24, 2.45) is 0 Å². The van der Waals surface area contributed by atoms with Gasteiger partial charge < -0.3 is 10.4 Å². The molecule has 8 heteroatoms. The van der Waals surface area contributed by atoms with E-state index in [1.165, 1.54) is 34.9 Å². The number of phenolic OH excluding ortho intramolecular Hbond substituents is 1. The van der Waals surface area contributed by atoms with Crippen molar-refractivity contribution in [2.45, 2.75) is 12.7 Å². The first kappa shape index (κ1) is 18.8. The number of imidazole rings is 1. The number of pyridine rings is 1. The van der Waals surface area contributed by atoms with Gasteiger partial charge in [-0.05, 0) is 54.1 Å². The normalized spacial score (nSPS) is 11.7. The first-order valence-electron chi connectivity index (χ1n) is 8.68. The number of hydrogen-bond acceptors (Lipinski definition) is 3. The molecule has 0 fully saturated rings. The number of nitrogens with zero attached hydrogens (tertiary/aromatic N) is 2. The quantitative estimate of drug-likeness (QED) is 0.446. The third-order valence-corrected chi connectivity index (χ3v) is 4.47. The van der Waals surface area contributed by atoms with Crippen LogP contribution in [0.15, 0.2) is 66.9 Å². The number of benzene rings is 2. The molecule has 4 rings (SSSR count). The Morgan fingerprint density at radius 1 is 0.966 bits per heavy atom. The molecule has 2 aromatic carbocycles. The minimum atomic E-state index is -4.48. The van der Waals surface area contributed by atoms with E-state index in [1.807, 2.05) is 0 Å². The molecule has 2 aromatic heterocycles. The van der Waals surface area contributed by atoms with Gasteiger partial charge in [-0.1, -0.05) is 12.1 Å². The van der Waals surface area contributed by atoms with E-state index in [4.69, 9.17) is 0 Å². The molecular formula is C21H15F4N3O. The summed E-state index contributed by atoms with van der Waals surface area (Å²) in [7, 11) is 0. The zero-order chi connectivity index (χ0) is 20.6. The fourth-order valence-corrected chi connectivity index (χ4v) is 3.00. The molecule has 0 aliphatic heterocycles. The number of aromatic hydroxyl groups is 1. The monoisotopic (exact) mass is 401 g/mol. The molecule has 0 spiro atoms. The predicted molar refractivity (Wildman–Crippen MR) is 101 cm³/mol. The second-order valence-electron chi connectivity index (χ2n) is 6.48. The molecule has 0 atom stereocenters. The Bertz CT molecular complexity index is 1150. The highest BCUT2D eigenvalue weighted by Crippen LogP contribution is 2.34. The minimum Gasteiger partial charge on any atom is -0.508 e. The molecule has 0 aliphatic rings. The van der Waals surface area contributed by atoms with Gasteiger partial charge in [0.25, 0.3) is 0 Å². The number of aromatic nitrogens is 2. The highest BCUT2D eigenvalue weighted by atomic mass is 19.4. The maximum Gasteiger partial charge on any atom is 0.416 e. The van der Waals surface area contributed by atoms with Crippen LogP contribution in [0.5, 0.6) is 5.75 Å². The van der Waals surface area contributed by atoms with Gasteiger partial charge in [0.2, 0.25) is 0 Å². The Balaban J connectivity index is 1.79. The number of rotatable bonds is 4. The van der Waals surface area contributed by atoms with Gasteiger partial charge in [-0.2, -0.15) is 13.2 Å². The lowest BCUT2D eigenvalue weighted by Gasteiger charge is -2.10. The maximum atomic E-state index is 13.1. The van der Waals surface area contributed by atoms with Gasteiger partial charge in [-0.3, -0.25) is 4.40 Å². The average Bonchev–Trinajstić information content (AvgIpc) is 3.05. The SMILES string of the molecule is Oc1ccc(-c2nc3cc(C(F)(F)F)ccn3c2NCc2ccc(F)cc2)cc1. The number of nitrogens with one attached hydrogen (secondary N) is 1. The summed E-state index contributed by atoms with van der Waals surface area (Å²) in [6.07, 6.45) is -3.17. The van der Waals surface area contributed by atoms with Crippen molar-refractivity contribution >= 4 is 11.5 Å². The van der Waals surface area contributed by atoms with Gasteiger partial charge >= 0.3 is 6.18 Å².